The van der Waals surface area contributed by atoms with Gasteiger partial charge in [0.25, 0.3) is 5.91 Å². The molecule has 1 amide bonds. The van der Waals surface area contributed by atoms with Gasteiger partial charge >= 0.3 is 0 Å². The maximum Gasteiger partial charge on any atom is 0.258 e. The molecule has 0 aliphatic heterocycles. The highest BCUT2D eigenvalue weighted by molar-refractivity contribution is 7.15. The molecular formula is C20H19N3OS. The molecule has 0 saturated heterocycles. The van der Waals surface area contributed by atoms with E-state index in [1.165, 1.54) is 36.3 Å². The Bertz CT molecular complexity index is 951. The molecule has 0 bridgehead atoms. The van der Waals surface area contributed by atoms with Gasteiger partial charge in [0.2, 0.25) is 0 Å². The van der Waals surface area contributed by atoms with E-state index in [0.717, 1.165) is 34.6 Å². The van der Waals surface area contributed by atoms with Crippen LogP contribution in [0.4, 0.5) is 5.13 Å². The highest BCUT2D eigenvalue weighted by Crippen LogP contribution is 2.40. The average Bonchev–Trinajstić information content (AvgIpc) is 3.41. The number of carbonyl (C=O) groups excluding carboxylic acids is 1. The second-order valence-electron chi connectivity index (χ2n) is 6.94. The predicted octanol–water partition coefficient (Wildman–Crippen LogP) is 4.70. The Morgan fingerprint density at radius 1 is 1.12 bits per heavy atom. The SMILES string of the molecule is O=C(Nc1nc2c(s1)CCCC2)c1cc(C2CC2)nc2ccccc12. The molecule has 2 heterocycles. The monoisotopic (exact) mass is 349 g/mol. The van der Waals surface area contributed by atoms with Gasteiger partial charge < -0.3 is 0 Å². The fraction of sp³-hybridized carbons (Fsp3) is 0.350. The standard InChI is InChI=1S/C20H19N3OS/c24-19(23-20-22-16-7-3-4-8-18(16)25-20)14-11-17(12-9-10-12)21-15-6-2-1-5-13(14)15/h1-2,5-6,11-12H,3-4,7-10H2,(H,22,23,24). The van der Waals surface area contributed by atoms with E-state index in [0.29, 0.717) is 11.5 Å². The molecule has 126 valence electrons. The number of nitrogens with zero attached hydrogens (tertiary/aromatic N) is 2. The van der Waals surface area contributed by atoms with Gasteiger partial charge in [-0.2, -0.15) is 0 Å². The van der Waals surface area contributed by atoms with Gasteiger partial charge in [0, 0.05) is 21.9 Å². The summed E-state index contributed by atoms with van der Waals surface area (Å²) in [4.78, 5) is 23.7. The summed E-state index contributed by atoms with van der Waals surface area (Å²) in [6.07, 6.45) is 6.89. The largest absolute Gasteiger partial charge is 0.298 e. The summed E-state index contributed by atoms with van der Waals surface area (Å²) in [6, 6.07) is 9.87. The van der Waals surface area contributed by atoms with Crippen molar-refractivity contribution in [2.45, 2.75) is 44.4 Å². The van der Waals surface area contributed by atoms with Crippen molar-refractivity contribution in [3.63, 3.8) is 0 Å². The van der Waals surface area contributed by atoms with E-state index in [-0.39, 0.29) is 5.91 Å². The number of carbonyl (C=O) groups is 1. The van der Waals surface area contributed by atoms with E-state index in [9.17, 15) is 4.79 Å². The fourth-order valence-corrected chi connectivity index (χ4v) is 4.59. The number of para-hydroxylation sites is 1. The van der Waals surface area contributed by atoms with Crippen molar-refractivity contribution in [1.29, 1.82) is 0 Å². The van der Waals surface area contributed by atoms with Crippen LogP contribution in [-0.4, -0.2) is 15.9 Å². The third kappa shape index (κ3) is 2.82. The lowest BCUT2D eigenvalue weighted by Gasteiger charge is -2.09. The van der Waals surface area contributed by atoms with Crippen molar-refractivity contribution in [1.82, 2.24) is 9.97 Å². The molecule has 1 aromatic carbocycles. The molecule has 0 radical (unpaired) electrons. The van der Waals surface area contributed by atoms with E-state index in [2.05, 4.69) is 10.3 Å². The molecule has 5 rings (SSSR count). The first-order valence-corrected chi connectivity index (χ1v) is 9.79. The number of fused-ring (bicyclic) bond motifs is 2. The summed E-state index contributed by atoms with van der Waals surface area (Å²) in [5, 5.41) is 4.67. The lowest BCUT2D eigenvalue weighted by Crippen LogP contribution is -2.13. The van der Waals surface area contributed by atoms with Crippen LogP contribution in [0.15, 0.2) is 30.3 Å². The number of pyridine rings is 1. The highest BCUT2D eigenvalue weighted by Gasteiger charge is 2.27. The number of aryl methyl sites for hydroxylation is 2. The van der Waals surface area contributed by atoms with Crippen molar-refractivity contribution in [2.24, 2.45) is 0 Å². The first-order chi connectivity index (χ1) is 12.3. The minimum Gasteiger partial charge on any atom is -0.298 e. The van der Waals surface area contributed by atoms with Crippen LogP contribution in [0.2, 0.25) is 0 Å². The summed E-state index contributed by atoms with van der Waals surface area (Å²) in [6.45, 7) is 0. The second kappa shape index (κ2) is 5.92. The first-order valence-electron chi connectivity index (χ1n) is 8.97. The van der Waals surface area contributed by atoms with E-state index in [4.69, 9.17) is 4.98 Å². The molecule has 2 aliphatic carbocycles. The molecular weight excluding hydrogens is 330 g/mol. The van der Waals surface area contributed by atoms with Crippen LogP contribution in [-0.2, 0) is 12.8 Å². The van der Waals surface area contributed by atoms with Gasteiger partial charge in [-0.3, -0.25) is 15.1 Å². The van der Waals surface area contributed by atoms with Crippen LogP contribution in [0.3, 0.4) is 0 Å². The first kappa shape index (κ1) is 15.0. The van der Waals surface area contributed by atoms with E-state index >= 15 is 0 Å². The zero-order chi connectivity index (χ0) is 16.8. The van der Waals surface area contributed by atoms with Gasteiger partial charge in [0.1, 0.15) is 0 Å². The zero-order valence-electron chi connectivity index (χ0n) is 13.9. The van der Waals surface area contributed by atoms with Gasteiger partial charge in [-0.15, -0.1) is 11.3 Å². The van der Waals surface area contributed by atoms with E-state index in [1.54, 1.807) is 11.3 Å². The normalized spacial score (nSPS) is 16.6. The zero-order valence-corrected chi connectivity index (χ0v) is 14.7. The van der Waals surface area contributed by atoms with Crippen molar-refractivity contribution in [3.8, 4) is 0 Å². The summed E-state index contributed by atoms with van der Waals surface area (Å²) < 4.78 is 0. The lowest BCUT2D eigenvalue weighted by atomic mass is 10.0. The van der Waals surface area contributed by atoms with Crippen molar-refractivity contribution in [3.05, 3.63) is 52.2 Å². The molecule has 3 aromatic rings. The van der Waals surface area contributed by atoms with Crippen LogP contribution in [0.25, 0.3) is 10.9 Å². The molecule has 25 heavy (non-hydrogen) atoms. The highest BCUT2D eigenvalue weighted by atomic mass is 32.1. The Kier molecular flexibility index (Phi) is 3.55. The minimum atomic E-state index is -0.0772. The van der Waals surface area contributed by atoms with E-state index < -0.39 is 0 Å². The Balaban J connectivity index is 1.51. The average molecular weight is 349 g/mol. The Hall–Kier alpha value is -2.27. The number of nitrogens with one attached hydrogen (secondary N) is 1. The molecule has 1 saturated carbocycles. The number of anilines is 1. The molecule has 2 aliphatic rings. The summed E-state index contributed by atoms with van der Waals surface area (Å²) >= 11 is 1.63. The van der Waals surface area contributed by atoms with Crippen LogP contribution in [0.5, 0.6) is 0 Å². The quantitative estimate of drug-likeness (QED) is 0.746. The number of aromatic nitrogens is 2. The van der Waals surface area contributed by atoms with Crippen molar-refractivity contribution in [2.75, 3.05) is 5.32 Å². The summed E-state index contributed by atoms with van der Waals surface area (Å²) in [5.41, 5.74) is 3.82. The fourth-order valence-electron chi connectivity index (χ4n) is 3.54. The number of benzene rings is 1. The minimum absolute atomic E-state index is 0.0772. The maximum absolute atomic E-state index is 13.0. The van der Waals surface area contributed by atoms with Gasteiger partial charge in [-0.1, -0.05) is 18.2 Å². The molecule has 2 aromatic heterocycles. The van der Waals surface area contributed by atoms with Crippen molar-refractivity contribution >= 4 is 33.3 Å². The smallest absolute Gasteiger partial charge is 0.258 e. The third-order valence-electron chi connectivity index (χ3n) is 5.04. The van der Waals surface area contributed by atoms with Crippen LogP contribution in [0, 0.1) is 0 Å². The van der Waals surface area contributed by atoms with Gasteiger partial charge in [0.15, 0.2) is 5.13 Å². The van der Waals surface area contributed by atoms with Crippen LogP contribution >= 0.6 is 11.3 Å². The number of rotatable bonds is 3. The number of amides is 1. The molecule has 1 N–H and O–H groups in total. The number of thiazole rings is 1. The molecule has 0 atom stereocenters. The Morgan fingerprint density at radius 2 is 1.96 bits per heavy atom. The molecule has 0 unspecified atom stereocenters. The van der Waals surface area contributed by atoms with Crippen molar-refractivity contribution < 1.29 is 4.79 Å². The van der Waals surface area contributed by atoms with E-state index in [1.807, 2.05) is 30.3 Å². The predicted molar refractivity (Wildman–Crippen MR) is 100 cm³/mol. The molecule has 0 spiro atoms. The van der Waals surface area contributed by atoms with Gasteiger partial charge in [-0.25, -0.2) is 4.98 Å². The molecule has 4 nitrogen and oxygen atoms in total. The Morgan fingerprint density at radius 3 is 2.80 bits per heavy atom. The van der Waals surface area contributed by atoms with Crippen LogP contribution < -0.4 is 5.32 Å². The van der Waals surface area contributed by atoms with Gasteiger partial charge in [-0.05, 0) is 50.7 Å². The second-order valence-corrected chi connectivity index (χ2v) is 8.02. The molecule has 1 fully saturated rings. The Labute approximate surface area is 150 Å². The lowest BCUT2D eigenvalue weighted by molar-refractivity contribution is 0.102. The van der Waals surface area contributed by atoms with Gasteiger partial charge in [0.05, 0.1) is 16.8 Å². The third-order valence-corrected chi connectivity index (χ3v) is 6.12. The summed E-state index contributed by atoms with van der Waals surface area (Å²) in [5.74, 6) is 0.440. The number of hydrogen-bond donors (Lipinski definition) is 1. The topological polar surface area (TPSA) is 54.9 Å². The maximum atomic E-state index is 13.0. The van der Waals surface area contributed by atoms with Crippen LogP contribution in [0.1, 0.15) is 58.2 Å². The molecule has 5 heteroatoms. The summed E-state index contributed by atoms with van der Waals surface area (Å²) in [7, 11) is 0. The number of hydrogen-bond acceptors (Lipinski definition) is 4.